The number of methoxy groups -OCH3 is 1. The molecule has 0 radical (unpaired) electrons. The molecule has 0 bridgehead atoms. The fourth-order valence-electron chi connectivity index (χ4n) is 2.25. The Balaban J connectivity index is 0.000000303. The van der Waals surface area contributed by atoms with Crippen molar-refractivity contribution >= 4 is 17.9 Å². The van der Waals surface area contributed by atoms with Crippen LogP contribution in [0.5, 0.6) is 5.75 Å². The Morgan fingerprint density at radius 1 is 0.800 bits per heavy atom. The van der Waals surface area contributed by atoms with Crippen LogP contribution in [0, 0.1) is 23.3 Å². The molecule has 0 heterocycles. The lowest BCUT2D eigenvalue weighted by Gasteiger charge is -2.06. The number of ether oxygens (including phenoxy) is 1. The molecule has 0 aromatic heterocycles. The van der Waals surface area contributed by atoms with Crippen LogP contribution < -0.4 is 4.74 Å². The number of rotatable bonds is 7. The quantitative estimate of drug-likeness (QED) is 0.346. The molecule has 11 heteroatoms. The molecule has 0 aliphatic carbocycles. The smallest absolute Gasteiger partial charge is 0.341 e. The highest BCUT2D eigenvalue weighted by Gasteiger charge is 2.32. The molecular formula is C19H16F4O7. The van der Waals surface area contributed by atoms with Crippen molar-refractivity contribution < 1.29 is 52.0 Å². The lowest BCUT2D eigenvalue weighted by Crippen LogP contribution is -2.16. The molecule has 3 N–H and O–H groups in total. The zero-order valence-corrected chi connectivity index (χ0v) is 15.4. The predicted octanol–water partition coefficient (Wildman–Crippen LogP) is 3.74. The van der Waals surface area contributed by atoms with E-state index in [4.69, 9.17) is 20.1 Å². The lowest BCUT2D eigenvalue weighted by atomic mass is 10.1. The highest BCUT2D eigenvalue weighted by Crippen LogP contribution is 2.24. The van der Waals surface area contributed by atoms with Gasteiger partial charge in [0, 0.05) is 6.42 Å². The van der Waals surface area contributed by atoms with Crippen LogP contribution >= 0.6 is 0 Å². The summed E-state index contributed by atoms with van der Waals surface area (Å²) in [5.41, 5.74) is -2.56. The van der Waals surface area contributed by atoms with Crippen molar-refractivity contribution in [2.45, 2.75) is 19.3 Å². The first-order chi connectivity index (χ1) is 14.0. The number of aromatic carboxylic acids is 2. The van der Waals surface area contributed by atoms with Gasteiger partial charge >= 0.3 is 17.9 Å². The van der Waals surface area contributed by atoms with Crippen molar-refractivity contribution in [3.63, 3.8) is 0 Å². The van der Waals surface area contributed by atoms with Gasteiger partial charge in [0.1, 0.15) is 16.9 Å². The molecule has 0 aliphatic heterocycles. The summed E-state index contributed by atoms with van der Waals surface area (Å²) in [4.78, 5) is 30.9. The van der Waals surface area contributed by atoms with Gasteiger partial charge in [-0.3, -0.25) is 4.79 Å². The number of aryl methyl sites for hydroxylation is 1. The van der Waals surface area contributed by atoms with E-state index < -0.39 is 52.3 Å². The second-order valence-corrected chi connectivity index (χ2v) is 5.71. The summed E-state index contributed by atoms with van der Waals surface area (Å²) >= 11 is 0. The molecular weight excluding hydrogens is 416 g/mol. The SMILES string of the molecule is COc1ccc(CCCC(=O)O)cc1.O=C(O)c1c(F)c(F)c(F)c(C(=O)O)c1F. The van der Waals surface area contributed by atoms with Crippen LogP contribution in [0.1, 0.15) is 39.1 Å². The van der Waals surface area contributed by atoms with Crippen molar-refractivity contribution in [3.8, 4) is 5.75 Å². The van der Waals surface area contributed by atoms with E-state index in [-0.39, 0.29) is 6.42 Å². The van der Waals surface area contributed by atoms with Crippen molar-refractivity contribution in [3.05, 3.63) is 64.2 Å². The molecule has 0 aliphatic rings. The Bertz CT molecular complexity index is 902. The maximum absolute atomic E-state index is 13.1. The number of carboxylic acid groups (broad SMARTS) is 3. The minimum Gasteiger partial charge on any atom is -0.497 e. The number of aliphatic carboxylic acids is 1. The predicted molar refractivity (Wildman–Crippen MR) is 93.8 cm³/mol. The number of carboxylic acids is 3. The molecule has 0 saturated heterocycles. The van der Waals surface area contributed by atoms with E-state index in [1.54, 1.807) is 7.11 Å². The second kappa shape index (κ2) is 10.8. The minimum atomic E-state index is -2.35. The Hall–Kier alpha value is -3.63. The van der Waals surface area contributed by atoms with E-state index in [2.05, 4.69) is 0 Å². The topological polar surface area (TPSA) is 121 Å². The van der Waals surface area contributed by atoms with Gasteiger partial charge in [0.05, 0.1) is 7.11 Å². The molecule has 0 saturated carbocycles. The van der Waals surface area contributed by atoms with Gasteiger partial charge in [0.25, 0.3) is 0 Å². The molecule has 2 aromatic rings. The molecule has 7 nitrogen and oxygen atoms in total. The fraction of sp³-hybridized carbons (Fsp3) is 0.211. The van der Waals surface area contributed by atoms with E-state index in [9.17, 15) is 31.9 Å². The van der Waals surface area contributed by atoms with Gasteiger partial charge in [-0.25, -0.2) is 27.2 Å². The van der Waals surface area contributed by atoms with Gasteiger partial charge in [0.15, 0.2) is 23.3 Å². The van der Waals surface area contributed by atoms with Gasteiger partial charge < -0.3 is 20.1 Å². The van der Waals surface area contributed by atoms with Crippen LogP contribution in [0.2, 0.25) is 0 Å². The molecule has 30 heavy (non-hydrogen) atoms. The molecule has 0 fully saturated rings. The summed E-state index contributed by atoms with van der Waals surface area (Å²) in [6.07, 6.45) is 1.71. The molecule has 2 aromatic carbocycles. The third kappa shape index (κ3) is 6.19. The van der Waals surface area contributed by atoms with Crippen LogP contribution in [0.25, 0.3) is 0 Å². The van der Waals surface area contributed by atoms with Crippen molar-refractivity contribution in [2.75, 3.05) is 7.11 Å². The Labute approximate surface area is 167 Å². The molecule has 0 atom stereocenters. The monoisotopic (exact) mass is 432 g/mol. The van der Waals surface area contributed by atoms with Gasteiger partial charge in [-0.2, -0.15) is 0 Å². The summed E-state index contributed by atoms with van der Waals surface area (Å²) in [5.74, 6) is -13.5. The molecule has 0 spiro atoms. The molecule has 2 rings (SSSR count). The normalized spacial score (nSPS) is 10.0. The van der Waals surface area contributed by atoms with Crippen LogP contribution in [0.3, 0.4) is 0 Å². The Kier molecular flexibility index (Phi) is 8.78. The van der Waals surface area contributed by atoms with E-state index >= 15 is 0 Å². The van der Waals surface area contributed by atoms with Gasteiger partial charge in [0.2, 0.25) is 0 Å². The number of halogens is 4. The molecule has 0 unspecified atom stereocenters. The van der Waals surface area contributed by atoms with Crippen LogP contribution in [-0.4, -0.2) is 40.3 Å². The molecule has 0 amide bonds. The van der Waals surface area contributed by atoms with Crippen molar-refractivity contribution in [2.24, 2.45) is 0 Å². The Morgan fingerprint density at radius 3 is 1.63 bits per heavy atom. The van der Waals surface area contributed by atoms with Gasteiger partial charge in [-0.15, -0.1) is 0 Å². The average molecular weight is 432 g/mol. The van der Waals surface area contributed by atoms with E-state index in [1.165, 1.54) is 0 Å². The number of benzene rings is 2. The average Bonchev–Trinajstić information content (AvgIpc) is 2.66. The highest BCUT2D eigenvalue weighted by atomic mass is 19.2. The van der Waals surface area contributed by atoms with Crippen molar-refractivity contribution in [1.82, 2.24) is 0 Å². The number of hydrogen-bond donors (Lipinski definition) is 3. The summed E-state index contributed by atoms with van der Waals surface area (Å²) in [6, 6.07) is 7.69. The summed E-state index contributed by atoms with van der Waals surface area (Å²) in [7, 11) is 1.62. The number of carbonyl (C=O) groups is 3. The van der Waals surface area contributed by atoms with E-state index in [0.29, 0.717) is 6.42 Å². The third-order valence-electron chi connectivity index (χ3n) is 3.71. The zero-order valence-electron chi connectivity index (χ0n) is 15.4. The molecule has 162 valence electrons. The van der Waals surface area contributed by atoms with E-state index in [1.807, 2.05) is 24.3 Å². The summed E-state index contributed by atoms with van der Waals surface area (Å²) in [5, 5.41) is 25.1. The largest absolute Gasteiger partial charge is 0.497 e. The van der Waals surface area contributed by atoms with E-state index in [0.717, 1.165) is 17.7 Å². The summed E-state index contributed by atoms with van der Waals surface area (Å²) < 4.78 is 56.4. The first kappa shape index (κ1) is 24.4. The standard InChI is InChI=1S/C11H14O3.C8H2F4O4/c1-14-10-7-5-9(6-8-10)3-2-4-11(12)13;9-3-1(7(13)14)4(10)6(12)5(11)2(3)8(15)16/h5-8H,2-4H2,1H3,(H,12,13);(H,13,14)(H,15,16). The van der Waals surface area contributed by atoms with Crippen LogP contribution in [-0.2, 0) is 11.2 Å². The van der Waals surface area contributed by atoms with Gasteiger partial charge in [-0.1, -0.05) is 12.1 Å². The maximum Gasteiger partial charge on any atom is 0.341 e. The van der Waals surface area contributed by atoms with Crippen LogP contribution in [0.4, 0.5) is 17.6 Å². The van der Waals surface area contributed by atoms with Crippen molar-refractivity contribution in [1.29, 1.82) is 0 Å². The summed E-state index contributed by atoms with van der Waals surface area (Å²) in [6.45, 7) is 0. The first-order valence-corrected chi connectivity index (χ1v) is 8.18. The fourth-order valence-corrected chi connectivity index (χ4v) is 2.25. The Morgan fingerprint density at radius 2 is 1.27 bits per heavy atom. The van der Waals surface area contributed by atoms with Crippen LogP contribution in [0.15, 0.2) is 24.3 Å². The lowest BCUT2D eigenvalue weighted by molar-refractivity contribution is -0.137. The first-order valence-electron chi connectivity index (χ1n) is 8.18. The van der Waals surface area contributed by atoms with Gasteiger partial charge in [-0.05, 0) is 30.5 Å². The number of hydrogen-bond acceptors (Lipinski definition) is 4. The minimum absolute atomic E-state index is 0.228. The zero-order chi connectivity index (χ0) is 23.0. The second-order valence-electron chi connectivity index (χ2n) is 5.71. The highest BCUT2D eigenvalue weighted by molar-refractivity contribution is 5.94. The third-order valence-corrected chi connectivity index (χ3v) is 3.71. The maximum atomic E-state index is 13.1.